The molecule has 3 rings (SSSR count). The molecule has 0 saturated heterocycles. The highest BCUT2D eigenvalue weighted by molar-refractivity contribution is 7.10. The van der Waals surface area contributed by atoms with Crippen LogP contribution in [-0.2, 0) is 13.0 Å². The van der Waals surface area contributed by atoms with Gasteiger partial charge in [0.25, 0.3) is 0 Å². The van der Waals surface area contributed by atoms with E-state index in [2.05, 4.69) is 47.5 Å². The summed E-state index contributed by atoms with van der Waals surface area (Å²) < 4.78 is 0. The van der Waals surface area contributed by atoms with Gasteiger partial charge in [0.05, 0.1) is 6.04 Å². The SMILES string of the molecule is CC1c2ccsc2CCN1c1cccc(CN)c1. The molecule has 18 heavy (non-hydrogen) atoms. The molecule has 0 spiro atoms. The average molecular weight is 258 g/mol. The molecule has 0 saturated carbocycles. The lowest BCUT2D eigenvalue weighted by atomic mass is 10.0. The van der Waals surface area contributed by atoms with E-state index < -0.39 is 0 Å². The Morgan fingerprint density at radius 1 is 1.39 bits per heavy atom. The van der Waals surface area contributed by atoms with Gasteiger partial charge < -0.3 is 10.6 Å². The number of nitrogens with zero attached hydrogens (tertiary/aromatic N) is 1. The van der Waals surface area contributed by atoms with Gasteiger partial charge >= 0.3 is 0 Å². The van der Waals surface area contributed by atoms with Crippen LogP contribution in [0.1, 0.15) is 29.0 Å². The van der Waals surface area contributed by atoms with Crippen LogP contribution in [0.2, 0.25) is 0 Å². The minimum atomic E-state index is 0.466. The maximum atomic E-state index is 5.73. The van der Waals surface area contributed by atoms with Crippen molar-refractivity contribution in [2.75, 3.05) is 11.4 Å². The summed E-state index contributed by atoms with van der Waals surface area (Å²) in [6.07, 6.45) is 1.16. The van der Waals surface area contributed by atoms with Crippen molar-refractivity contribution in [3.63, 3.8) is 0 Å². The summed E-state index contributed by atoms with van der Waals surface area (Å²) in [5.74, 6) is 0. The molecule has 1 aliphatic heterocycles. The van der Waals surface area contributed by atoms with E-state index in [4.69, 9.17) is 5.73 Å². The Hall–Kier alpha value is -1.32. The first-order valence-electron chi connectivity index (χ1n) is 6.41. The lowest BCUT2D eigenvalue weighted by molar-refractivity contribution is 0.632. The highest BCUT2D eigenvalue weighted by atomic mass is 32.1. The molecule has 1 aromatic heterocycles. The van der Waals surface area contributed by atoms with Gasteiger partial charge in [0.1, 0.15) is 0 Å². The van der Waals surface area contributed by atoms with E-state index in [9.17, 15) is 0 Å². The summed E-state index contributed by atoms with van der Waals surface area (Å²) in [7, 11) is 0. The van der Waals surface area contributed by atoms with E-state index in [1.54, 1.807) is 4.88 Å². The maximum absolute atomic E-state index is 5.73. The summed E-state index contributed by atoms with van der Waals surface area (Å²) in [6, 6.07) is 11.3. The van der Waals surface area contributed by atoms with E-state index in [-0.39, 0.29) is 0 Å². The number of fused-ring (bicyclic) bond motifs is 1. The van der Waals surface area contributed by atoms with Crippen LogP contribution in [0.15, 0.2) is 35.7 Å². The molecule has 0 fully saturated rings. The number of nitrogens with two attached hydrogens (primary N) is 1. The number of rotatable bonds is 2. The van der Waals surface area contributed by atoms with Gasteiger partial charge in [-0.2, -0.15) is 0 Å². The zero-order chi connectivity index (χ0) is 12.5. The van der Waals surface area contributed by atoms with Crippen LogP contribution in [0.4, 0.5) is 5.69 Å². The van der Waals surface area contributed by atoms with E-state index in [0.717, 1.165) is 13.0 Å². The Balaban J connectivity index is 1.94. The summed E-state index contributed by atoms with van der Waals surface area (Å²) in [5, 5.41) is 2.21. The first-order valence-corrected chi connectivity index (χ1v) is 7.29. The number of hydrogen-bond acceptors (Lipinski definition) is 3. The van der Waals surface area contributed by atoms with Crippen LogP contribution >= 0.6 is 11.3 Å². The van der Waals surface area contributed by atoms with Gasteiger partial charge in [0.15, 0.2) is 0 Å². The molecular formula is C15H18N2S. The zero-order valence-electron chi connectivity index (χ0n) is 10.6. The maximum Gasteiger partial charge on any atom is 0.0525 e. The molecule has 2 nitrogen and oxygen atoms in total. The topological polar surface area (TPSA) is 29.3 Å². The molecule has 2 heterocycles. The van der Waals surface area contributed by atoms with Crippen LogP contribution in [0, 0.1) is 0 Å². The van der Waals surface area contributed by atoms with Crippen molar-refractivity contribution in [3.05, 3.63) is 51.7 Å². The fraction of sp³-hybridized carbons (Fsp3) is 0.333. The molecular weight excluding hydrogens is 240 g/mol. The molecule has 1 atom stereocenters. The van der Waals surface area contributed by atoms with Gasteiger partial charge in [0.2, 0.25) is 0 Å². The molecule has 0 amide bonds. The average Bonchev–Trinajstić information content (AvgIpc) is 2.88. The second kappa shape index (κ2) is 4.75. The van der Waals surface area contributed by atoms with Crippen molar-refractivity contribution in [2.24, 2.45) is 5.73 Å². The fourth-order valence-corrected chi connectivity index (χ4v) is 3.69. The Bertz CT molecular complexity index is 547. The molecule has 1 unspecified atom stereocenters. The lowest BCUT2D eigenvalue weighted by Gasteiger charge is -2.35. The highest BCUT2D eigenvalue weighted by Gasteiger charge is 2.24. The number of anilines is 1. The first kappa shape index (κ1) is 11.8. The van der Waals surface area contributed by atoms with Crippen LogP contribution in [0.3, 0.4) is 0 Å². The largest absolute Gasteiger partial charge is 0.364 e. The van der Waals surface area contributed by atoms with Gasteiger partial charge in [-0.1, -0.05) is 12.1 Å². The van der Waals surface area contributed by atoms with Crippen LogP contribution in [-0.4, -0.2) is 6.54 Å². The number of benzene rings is 1. The Kier molecular flexibility index (Phi) is 3.10. The molecule has 1 aromatic carbocycles. The van der Waals surface area contributed by atoms with Gasteiger partial charge in [-0.05, 0) is 48.1 Å². The third-order valence-electron chi connectivity index (χ3n) is 3.76. The zero-order valence-corrected chi connectivity index (χ0v) is 11.4. The lowest BCUT2D eigenvalue weighted by Crippen LogP contribution is -2.33. The second-order valence-electron chi connectivity index (χ2n) is 4.79. The quantitative estimate of drug-likeness (QED) is 0.895. The smallest absolute Gasteiger partial charge is 0.0525 e. The van der Waals surface area contributed by atoms with E-state index >= 15 is 0 Å². The summed E-state index contributed by atoms with van der Waals surface area (Å²) in [5.41, 5.74) is 9.71. The molecule has 94 valence electrons. The van der Waals surface area contributed by atoms with Gasteiger partial charge in [-0.25, -0.2) is 0 Å². The summed E-state index contributed by atoms with van der Waals surface area (Å²) in [4.78, 5) is 4.03. The van der Waals surface area contributed by atoms with Crippen molar-refractivity contribution in [3.8, 4) is 0 Å². The van der Waals surface area contributed by atoms with Crippen molar-refractivity contribution >= 4 is 17.0 Å². The standard InChI is InChI=1S/C15H18N2S/c1-11-14-6-8-18-15(14)5-7-17(11)13-4-2-3-12(9-13)10-16/h2-4,6,8-9,11H,5,7,10,16H2,1H3. The highest BCUT2D eigenvalue weighted by Crippen LogP contribution is 2.36. The Morgan fingerprint density at radius 3 is 3.11 bits per heavy atom. The van der Waals surface area contributed by atoms with Crippen LogP contribution < -0.4 is 10.6 Å². The van der Waals surface area contributed by atoms with Crippen molar-refractivity contribution in [2.45, 2.75) is 25.9 Å². The first-order chi connectivity index (χ1) is 8.79. The van der Waals surface area contributed by atoms with Crippen molar-refractivity contribution in [1.29, 1.82) is 0 Å². The summed E-state index contributed by atoms with van der Waals surface area (Å²) >= 11 is 1.89. The molecule has 0 radical (unpaired) electrons. The molecule has 2 N–H and O–H groups in total. The molecule has 3 heteroatoms. The second-order valence-corrected chi connectivity index (χ2v) is 5.79. The van der Waals surface area contributed by atoms with Gasteiger partial charge in [-0.15, -0.1) is 11.3 Å². The Morgan fingerprint density at radius 2 is 2.28 bits per heavy atom. The number of thiophene rings is 1. The van der Waals surface area contributed by atoms with E-state index in [1.165, 1.54) is 16.8 Å². The van der Waals surface area contributed by atoms with Crippen molar-refractivity contribution in [1.82, 2.24) is 0 Å². The van der Waals surface area contributed by atoms with Crippen molar-refractivity contribution < 1.29 is 0 Å². The predicted octanol–water partition coefficient (Wildman–Crippen LogP) is 3.33. The minimum Gasteiger partial charge on any atom is -0.364 e. The van der Waals surface area contributed by atoms with Gasteiger partial charge in [-0.3, -0.25) is 0 Å². The van der Waals surface area contributed by atoms with E-state index in [0.29, 0.717) is 12.6 Å². The summed E-state index contributed by atoms with van der Waals surface area (Å²) in [6.45, 7) is 4.00. The number of hydrogen-bond donors (Lipinski definition) is 1. The molecule has 2 aromatic rings. The van der Waals surface area contributed by atoms with E-state index in [1.807, 2.05) is 11.3 Å². The molecule has 0 aliphatic carbocycles. The van der Waals surface area contributed by atoms with Crippen LogP contribution in [0.25, 0.3) is 0 Å². The van der Waals surface area contributed by atoms with Gasteiger partial charge in [0, 0.05) is 23.7 Å². The Labute approximate surface area is 112 Å². The molecule has 1 aliphatic rings. The fourth-order valence-electron chi connectivity index (χ4n) is 2.72. The normalized spacial score (nSPS) is 18.8. The third kappa shape index (κ3) is 1.93. The minimum absolute atomic E-state index is 0.466. The van der Waals surface area contributed by atoms with Crippen LogP contribution in [0.5, 0.6) is 0 Å². The molecule has 0 bridgehead atoms. The monoisotopic (exact) mass is 258 g/mol. The predicted molar refractivity (Wildman–Crippen MR) is 78.1 cm³/mol. The third-order valence-corrected chi connectivity index (χ3v) is 4.75.